The molecule has 0 atom stereocenters. The van der Waals surface area contributed by atoms with E-state index in [1.54, 1.807) is 4.68 Å². The molecule has 0 radical (unpaired) electrons. The van der Waals surface area contributed by atoms with E-state index in [2.05, 4.69) is 5.10 Å². The number of benzene rings is 1. The zero-order chi connectivity index (χ0) is 14.7. The van der Waals surface area contributed by atoms with Crippen LogP contribution in [0.4, 0.5) is 0 Å². The van der Waals surface area contributed by atoms with Gasteiger partial charge in [-0.3, -0.25) is 9.59 Å². The van der Waals surface area contributed by atoms with E-state index in [4.69, 9.17) is 5.11 Å². The van der Waals surface area contributed by atoms with Crippen molar-refractivity contribution in [1.29, 1.82) is 0 Å². The number of hydrogen-bond acceptors (Lipinski definition) is 3. The fourth-order valence-corrected chi connectivity index (χ4v) is 2.03. The Hall–Kier alpha value is -2.43. The molecule has 0 saturated carbocycles. The smallest absolute Gasteiger partial charge is 0.303 e. The van der Waals surface area contributed by atoms with Crippen molar-refractivity contribution in [2.75, 3.05) is 0 Å². The Morgan fingerprint density at radius 3 is 2.65 bits per heavy atom. The number of aliphatic carboxylic acids is 1. The van der Waals surface area contributed by atoms with E-state index in [0.717, 1.165) is 16.9 Å². The van der Waals surface area contributed by atoms with Crippen LogP contribution in [0.15, 0.2) is 35.1 Å². The summed E-state index contributed by atoms with van der Waals surface area (Å²) in [4.78, 5) is 22.5. The molecule has 20 heavy (non-hydrogen) atoms. The Bertz CT molecular complexity index is 705. The zero-order valence-electron chi connectivity index (χ0n) is 11.5. The molecule has 5 heteroatoms. The highest BCUT2D eigenvalue weighted by atomic mass is 16.4. The molecule has 0 unspecified atom stereocenters. The van der Waals surface area contributed by atoms with Crippen LogP contribution in [0.5, 0.6) is 0 Å². The molecule has 5 nitrogen and oxygen atoms in total. The molecule has 104 valence electrons. The maximum absolute atomic E-state index is 11.9. The van der Waals surface area contributed by atoms with Gasteiger partial charge in [-0.25, -0.2) is 4.68 Å². The molecule has 0 aliphatic rings. The number of rotatable bonds is 4. The van der Waals surface area contributed by atoms with Crippen LogP contribution in [0, 0.1) is 13.8 Å². The lowest BCUT2D eigenvalue weighted by Crippen LogP contribution is -2.20. The first-order chi connectivity index (χ1) is 9.49. The maximum Gasteiger partial charge on any atom is 0.303 e. The summed E-state index contributed by atoms with van der Waals surface area (Å²) in [7, 11) is 0. The van der Waals surface area contributed by atoms with Crippen LogP contribution >= 0.6 is 0 Å². The minimum Gasteiger partial charge on any atom is -0.481 e. The number of carboxylic acid groups (broad SMARTS) is 1. The van der Waals surface area contributed by atoms with E-state index < -0.39 is 5.97 Å². The fraction of sp³-hybridized carbons (Fsp3) is 0.267. The summed E-state index contributed by atoms with van der Waals surface area (Å²) in [5.74, 6) is -0.936. The molecule has 0 fully saturated rings. The average molecular weight is 272 g/mol. The number of carboxylic acids is 1. The Kier molecular flexibility index (Phi) is 3.98. The van der Waals surface area contributed by atoms with Crippen molar-refractivity contribution in [3.8, 4) is 5.69 Å². The van der Waals surface area contributed by atoms with Crippen molar-refractivity contribution in [2.24, 2.45) is 0 Å². The van der Waals surface area contributed by atoms with Crippen LogP contribution in [0.1, 0.15) is 23.4 Å². The largest absolute Gasteiger partial charge is 0.481 e. The second kappa shape index (κ2) is 5.69. The first kappa shape index (κ1) is 14.0. The van der Waals surface area contributed by atoms with Crippen molar-refractivity contribution >= 4 is 5.97 Å². The summed E-state index contributed by atoms with van der Waals surface area (Å²) >= 11 is 0. The second-order valence-electron chi connectivity index (χ2n) is 4.69. The predicted octanol–water partition coefficient (Wildman–Crippen LogP) is 1.87. The number of carbonyl (C=O) groups is 1. The molecule has 0 bridgehead atoms. The molecular formula is C15H16N2O3. The molecule has 0 amide bonds. The van der Waals surface area contributed by atoms with Gasteiger partial charge in [-0.05, 0) is 25.5 Å². The van der Waals surface area contributed by atoms with Crippen LogP contribution in [-0.4, -0.2) is 20.9 Å². The summed E-state index contributed by atoms with van der Waals surface area (Å²) in [5.41, 5.74) is 2.72. The third kappa shape index (κ3) is 2.93. The van der Waals surface area contributed by atoms with Crippen molar-refractivity contribution in [1.82, 2.24) is 9.78 Å². The number of nitrogens with zero attached hydrogens (tertiary/aromatic N) is 2. The summed E-state index contributed by atoms with van der Waals surface area (Å²) in [6.07, 6.45) is 0.0411. The van der Waals surface area contributed by atoms with Gasteiger partial charge in [0.05, 0.1) is 12.1 Å². The monoisotopic (exact) mass is 272 g/mol. The number of aromatic nitrogens is 2. The van der Waals surface area contributed by atoms with Gasteiger partial charge >= 0.3 is 5.97 Å². The molecule has 1 N–H and O–H groups in total. The highest BCUT2D eigenvalue weighted by Crippen LogP contribution is 2.13. The minimum atomic E-state index is -0.936. The van der Waals surface area contributed by atoms with Crippen LogP contribution < -0.4 is 5.43 Å². The molecule has 0 saturated heterocycles. The molecule has 1 heterocycles. The summed E-state index contributed by atoms with van der Waals surface area (Å²) in [6.45, 7) is 3.77. The second-order valence-corrected chi connectivity index (χ2v) is 4.69. The molecule has 1 aromatic heterocycles. The molecule has 0 aliphatic carbocycles. The number of para-hydroxylation sites is 1. The molecule has 0 aliphatic heterocycles. The van der Waals surface area contributed by atoms with Gasteiger partial charge < -0.3 is 5.11 Å². The van der Waals surface area contributed by atoms with Crippen molar-refractivity contribution in [3.05, 3.63) is 57.5 Å². The average Bonchev–Trinajstić information content (AvgIpc) is 2.39. The van der Waals surface area contributed by atoms with Gasteiger partial charge in [0.15, 0.2) is 0 Å². The van der Waals surface area contributed by atoms with E-state index in [1.807, 2.05) is 38.1 Å². The van der Waals surface area contributed by atoms with Crippen molar-refractivity contribution < 1.29 is 9.90 Å². The molecular weight excluding hydrogens is 256 g/mol. The van der Waals surface area contributed by atoms with E-state index in [-0.39, 0.29) is 24.0 Å². The first-order valence-corrected chi connectivity index (χ1v) is 6.36. The highest BCUT2D eigenvalue weighted by Gasteiger charge is 2.10. The van der Waals surface area contributed by atoms with E-state index in [1.165, 1.54) is 6.07 Å². The summed E-state index contributed by atoms with van der Waals surface area (Å²) in [5, 5.41) is 13.0. The third-order valence-electron chi connectivity index (χ3n) is 3.10. The van der Waals surface area contributed by atoms with Gasteiger partial charge in [0, 0.05) is 18.2 Å². The van der Waals surface area contributed by atoms with E-state index >= 15 is 0 Å². The lowest BCUT2D eigenvalue weighted by Gasteiger charge is -2.13. The van der Waals surface area contributed by atoms with E-state index in [9.17, 15) is 9.59 Å². The molecule has 2 aromatic rings. The molecule has 0 spiro atoms. The fourth-order valence-electron chi connectivity index (χ4n) is 2.03. The van der Waals surface area contributed by atoms with Gasteiger partial charge in [0.1, 0.15) is 5.69 Å². The van der Waals surface area contributed by atoms with Crippen molar-refractivity contribution in [3.63, 3.8) is 0 Å². The Labute approximate surface area is 116 Å². The quantitative estimate of drug-likeness (QED) is 0.922. The maximum atomic E-state index is 11.9. The van der Waals surface area contributed by atoms with Gasteiger partial charge in [0.2, 0.25) is 5.43 Å². The summed E-state index contributed by atoms with van der Waals surface area (Å²) in [6, 6.07) is 9.21. The third-order valence-corrected chi connectivity index (χ3v) is 3.10. The predicted molar refractivity (Wildman–Crippen MR) is 75.3 cm³/mol. The lowest BCUT2D eigenvalue weighted by atomic mass is 10.2. The SMILES string of the molecule is Cc1ccccc1-n1nc(CCC(=O)O)c(=O)cc1C. The van der Waals surface area contributed by atoms with Crippen LogP contribution in [-0.2, 0) is 11.2 Å². The first-order valence-electron chi connectivity index (χ1n) is 6.36. The van der Waals surface area contributed by atoms with Gasteiger partial charge in [-0.2, -0.15) is 5.10 Å². The standard InChI is InChI=1S/C15H16N2O3/c1-10-5-3-4-6-13(10)17-11(2)9-14(18)12(16-17)7-8-15(19)20/h3-6,9H,7-8H2,1-2H3,(H,19,20). The normalized spacial score (nSPS) is 10.5. The van der Waals surface area contributed by atoms with Crippen molar-refractivity contribution in [2.45, 2.75) is 26.7 Å². The number of hydrogen-bond donors (Lipinski definition) is 1. The number of aryl methyl sites for hydroxylation is 3. The summed E-state index contributed by atoms with van der Waals surface area (Å²) < 4.78 is 1.69. The van der Waals surface area contributed by atoms with Crippen LogP contribution in [0.25, 0.3) is 5.69 Å². The lowest BCUT2D eigenvalue weighted by molar-refractivity contribution is -0.136. The van der Waals surface area contributed by atoms with Gasteiger partial charge in [-0.15, -0.1) is 0 Å². The Balaban J connectivity index is 2.49. The molecule has 2 rings (SSSR count). The van der Waals surface area contributed by atoms with E-state index in [0.29, 0.717) is 0 Å². The van der Waals surface area contributed by atoms with Gasteiger partial charge in [0.25, 0.3) is 0 Å². The van der Waals surface area contributed by atoms with Crippen LogP contribution in [0.2, 0.25) is 0 Å². The Morgan fingerprint density at radius 1 is 1.30 bits per heavy atom. The van der Waals surface area contributed by atoms with Crippen LogP contribution in [0.3, 0.4) is 0 Å². The minimum absolute atomic E-state index is 0.0981. The molecule has 1 aromatic carbocycles. The highest BCUT2D eigenvalue weighted by molar-refractivity contribution is 5.66. The topological polar surface area (TPSA) is 72.2 Å². The Morgan fingerprint density at radius 2 is 2.00 bits per heavy atom. The van der Waals surface area contributed by atoms with Gasteiger partial charge in [-0.1, -0.05) is 18.2 Å². The zero-order valence-corrected chi connectivity index (χ0v) is 11.5.